The third-order valence-corrected chi connectivity index (χ3v) is 4.76. The predicted octanol–water partition coefficient (Wildman–Crippen LogP) is 3.28. The monoisotopic (exact) mass is 240 g/mol. The van der Waals surface area contributed by atoms with E-state index in [9.17, 15) is 0 Å². The van der Waals surface area contributed by atoms with Crippen molar-refractivity contribution in [1.82, 2.24) is 5.32 Å². The highest BCUT2D eigenvalue weighted by Gasteiger charge is 2.32. The van der Waals surface area contributed by atoms with Gasteiger partial charge in [-0.1, -0.05) is 39.0 Å². The summed E-state index contributed by atoms with van der Waals surface area (Å²) in [5.41, 5.74) is 0.519. The van der Waals surface area contributed by atoms with Crippen molar-refractivity contribution in [2.45, 2.75) is 52.5 Å². The SMILES string of the molecule is CC(C)CC1CSC(=NCC2(C)CCC2)N1. The molecule has 0 amide bonds. The van der Waals surface area contributed by atoms with Gasteiger partial charge < -0.3 is 5.32 Å². The molecule has 2 fully saturated rings. The van der Waals surface area contributed by atoms with Crippen molar-refractivity contribution in [3.8, 4) is 0 Å². The summed E-state index contributed by atoms with van der Waals surface area (Å²) in [4.78, 5) is 4.74. The summed E-state index contributed by atoms with van der Waals surface area (Å²) in [6, 6.07) is 0.651. The van der Waals surface area contributed by atoms with E-state index in [1.165, 1.54) is 36.6 Å². The van der Waals surface area contributed by atoms with Gasteiger partial charge in [-0.2, -0.15) is 0 Å². The molecule has 1 saturated carbocycles. The largest absolute Gasteiger partial charge is 0.361 e. The van der Waals surface area contributed by atoms with Crippen LogP contribution in [0.5, 0.6) is 0 Å². The van der Waals surface area contributed by atoms with Gasteiger partial charge >= 0.3 is 0 Å². The van der Waals surface area contributed by atoms with E-state index in [2.05, 4.69) is 26.1 Å². The van der Waals surface area contributed by atoms with Crippen LogP contribution in [0.15, 0.2) is 4.99 Å². The second kappa shape index (κ2) is 4.99. The number of nitrogens with zero attached hydrogens (tertiary/aromatic N) is 1. The lowest BCUT2D eigenvalue weighted by Crippen LogP contribution is -2.31. The number of amidine groups is 1. The Morgan fingerprint density at radius 1 is 1.50 bits per heavy atom. The van der Waals surface area contributed by atoms with Gasteiger partial charge in [0.25, 0.3) is 0 Å². The molecule has 1 heterocycles. The summed E-state index contributed by atoms with van der Waals surface area (Å²) in [7, 11) is 0. The maximum Gasteiger partial charge on any atom is 0.156 e. The van der Waals surface area contributed by atoms with Crippen molar-refractivity contribution in [2.24, 2.45) is 16.3 Å². The Morgan fingerprint density at radius 2 is 2.25 bits per heavy atom. The minimum absolute atomic E-state index is 0.519. The van der Waals surface area contributed by atoms with Crippen molar-refractivity contribution in [2.75, 3.05) is 12.3 Å². The molecular formula is C13H24N2S. The van der Waals surface area contributed by atoms with Crippen molar-refractivity contribution in [3.05, 3.63) is 0 Å². The first-order valence-corrected chi connectivity index (χ1v) is 7.50. The van der Waals surface area contributed by atoms with Gasteiger partial charge in [0.2, 0.25) is 0 Å². The van der Waals surface area contributed by atoms with Crippen LogP contribution >= 0.6 is 11.8 Å². The molecule has 3 heteroatoms. The Bertz CT molecular complexity index is 269. The summed E-state index contributed by atoms with van der Waals surface area (Å²) in [6.07, 6.45) is 5.40. The molecule has 1 atom stereocenters. The Balaban J connectivity index is 1.77. The van der Waals surface area contributed by atoms with Crippen LogP contribution in [-0.2, 0) is 0 Å². The second-order valence-electron chi connectivity index (χ2n) is 6.07. The molecule has 1 unspecified atom stereocenters. The van der Waals surface area contributed by atoms with E-state index < -0.39 is 0 Å². The van der Waals surface area contributed by atoms with Gasteiger partial charge in [-0.15, -0.1) is 0 Å². The van der Waals surface area contributed by atoms with Crippen molar-refractivity contribution >= 4 is 16.9 Å². The molecule has 0 aromatic rings. The molecule has 1 aliphatic carbocycles. The van der Waals surface area contributed by atoms with Crippen LogP contribution in [0.4, 0.5) is 0 Å². The molecule has 0 radical (unpaired) electrons. The fourth-order valence-electron chi connectivity index (χ4n) is 2.43. The van der Waals surface area contributed by atoms with Crippen molar-refractivity contribution < 1.29 is 0 Å². The van der Waals surface area contributed by atoms with Crippen LogP contribution < -0.4 is 5.32 Å². The highest BCUT2D eigenvalue weighted by Crippen LogP contribution is 2.40. The van der Waals surface area contributed by atoms with E-state index >= 15 is 0 Å². The second-order valence-corrected chi connectivity index (χ2v) is 7.08. The van der Waals surface area contributed by atoms with Gasteiger partial charge in [0.15, 0.2) is 5.17 Å². The number of aliphatic imine (C=N–C) groups is 1. The van der Waals surface area contributed by atoms with Crippen LogP contribution in [-0.4, -0.2) is 23.5 Å². The average molecular weight is 240 g/mol. The normalized spacial score (nSPS) is 30.5. The molecule has 0 bridgehead atoms. The summed E-state index contributed by atoms with van der Waals surface area (Å²) in [6.45, 7) is 7.97. The first kappa shape index (κ1) is 12.3. The van der Waals surface area contributed by atoms with Crippen LogP contribution in [0, 0.1) is 11.3 Å². The van der Waals surface area contributed by atoms with Crippen molar-refractivity contribution in [1.29, 1.82) is 0 Å². The highest BCUT2D eigenvalue weighted by atomic mass is 32.2. The Hall–Kier alpha value is -0.180. The molecule has 0 aromatic carbocycles. The quantitative estimate of drug-likeness (QED) is 0.815. The molecule has 0 spiro atoms. The minimum Gasteiger partial charge on any atom is -0.361 e. The third-order valence-electron chi connectivity index (χ3n) is 3.67. The number of hydrogen-bond acceptors (Lipinski definition) is 2. The smallest absolute Gasteiger partial charge is 0.156 e. The highest BCUT2D eigenvalue weighted by molar-refractivity contribution is 8.14. The molecule has 1 saturated heterocycles. The van der Waals surface area contributed by atoms with Crippen LogP contribution in [0.2, 0.25) is 0 Å². The number of thioether (sulfide) groups is 1. The van der Waals surface area contributed by atoms with E-state index in [1.807, 2.05) is 11.8 Å². The molecule has 0 aromatic heterocycles. The van der Waals surface area contributed by atoms with E-state index in [4.69, 9.17) is 4.99 Å². The summed E-state index contributed by atoms with van der Waals surface area (Å²) in [5.74, 6) is 1.98. The molecule has 1 N–H and O–H groups in total. The van der Waals surface area contributed by atoms with Crippen LogP contribution in [0.25, 0.3) is 0 Å². The summed E-state index contributed by atoms with van der Waals surface area (Å²) in [5, 5.41) is 4.75. The van der Waals surface area contributed by atoms with E-state index in [0.717, 1.165) is 12.5 Å². The maximum absolute atomic E-state index is 4.74. The topological polar surface area (TPSA) is 24.4 Å². The zero-order valence-corrected chi connectivity index (χ0v) is 11.6. The first-order chi connectivity index (χ1) is 7.57. The van der Waals surface area contributed by atoms with Crippen molar-refractivity contribution in [3.63, 3.8) is 0 Å². The van der Waals surface area contributed by atoms with Gasteiger partial charge in [0, 0.05) is 18.3 Å². The predicted molar refractivity (Wildman–Crippen MR) is 73.1 cm³/mol. The van der Waals surface area contributed by atoms with E-state index in [1.54, 1.807) is 0 Å². The molecular weight excluding hydrogens is 216 g/mol. The lowest BCUT2D eigenvalue weighted by Gasteiger charge is -2.36. The Morgan fingerprint density at radius 3 is 2.81 bits per heavy atom. The lowest BCUT2D eigenvalue weighted by atomic mass is 9.71. The third kappa shape index (κ3) is 3.16. The molecule has 2 nitrogen and oxygen atoms in total. The average Bonchev–Trinajstić information content (AvgIpc) is 2.58. The summed E-state index contributed by atoms with van der Waals surface area (Å²) >= 11 is 1.91. The number of rotatable bonds is 4. The number of hydrogen-bond donors (Lipinski definition) is 1. The van der Waals surface area contributed by atoms with Gasteiger partial charge in [-0.3, -0.25) is 4.99 Å². The lowest BCUT2D eigenvalue weighted by molar-refractivity contribution is 0.174. The van der Waals surface area contributed by atoms with Crippen LogP contribution in [0.3, 0.4) is 0 Å². The zero-order chi connectivity index (χ0) is 11.6. The fraction of sp³-hybridized carbons (Fsp3) is 0.923. The molecule has 92 valence electrons. The zero-order valence-electron chi connectivity index (χ0n) is 10.8. The maximum atomic E-state index is 4.74. The van der Waals surface area contributed by atoms with Gasteiger partial charge in [-0.25, -0.2) is 0 Å². The first-order valence-electron chi connectivity index (χ1n) is 6.51. The number of nitrogens with one attached hydrogen (secondary N) is 1. The minimum atomic E-state index is 0.519. The molecule has 16 heavy (non-hydrogen) atoms. The molecule has 2 rings (SSSR count). The van der Waals surface area contributed by atoms with Gasteiger partial charge in [0.1, 0.15) is 0 Å². The van der Waals surface area contributed by atoms with Crippen LogP contribution in [0.1, 0.15) is 46.5 Å². The van der Waals surface area contributed by atoms with Gasteiger partial charge in [0.05, 0.1) is 0 Å². The van der Waals surface area contributed by atoms with Gasteiger partial charge in [-0.05, 0) is 30.6 Å². The molecule has 1 aliphatic heterocycles. The molecule has 2 aliphatic rings. The van der Waals surface area contributed by atoms with E-state index in [-0.39, 0.29) is 0 Å². The Labute approximate surface area is 104 Å². The summed E-state index contributed by atoms with van der Waals surface area (Å²) < 4.78 is 0. The Kier molecular flexibility index (Phi) is 3.83. The van der Waals surface area contributed by atoms with E-state index in [0.29, 0.717) is 11.5 Å². The fourth-order valence-corrected chi connectivity index (χ4v) is 3.41. The standard InChI is InChI=1S/C13H24N2S/c1-10(2)7-11-8-16-12(15-11)14-9-13(3)5-4-6-13/h10-11H,4-9H2,1-3H3,(H,14,15).